The van der Waals surface area contributed by atoms with Gasteiger partial charge in [0.2, 0.25) is 5.91 Å². The Morgan fingerprint density at radius 3 is 2.84 bits per heavy atom. The second-order valence-corrected chi connectivity index (χ2v) is 8.22. The average molecular weight is 439 g/mol. The van der Waals surface area contributed by atoms with E-state index in [9.17, 15) is 9.59 Å². The highest BCUT2D eigenvalue weighted by atomic mass is 16.5. The van der Waals surface area contributed by atoms with Crippen LogP contribution in [0, 0.1) is 6.92 Å². The number of aromatic nitrogens is 1. The molecule has 1 aromatic carbocycles. The van der Waals surface area contributed by atoms with E-state index in [0.29, 0.717) is 24.5 Å². The number of rotatable bonds is 8. The summed E-state index contributed by atoms with van der Waals surface area (Å²) in [7, 11) is 0. The van der Waals surface area contributed by atoms with Crippen LogP contribution in [-0.4, -0.2) is 79.1 Å². The molecule has 0 radical (unpaired) electrons. The van der Waals surface area contributed by atoms with Gasteiger partial charge in [-0.15, -0.1) is 0 Å². The predicted octanol–water partition coefficient (Wildman–Crippen LogP) is 1.87. The predicted molar refractivity (Wildman–Crippen MR) is 121 cm³/mol. The Hall–Kier alpha value is -2.97. The molecule has 2 aliphatic rings. The van der Waals surface area contributed by atoms with Crippen LogP contribution in [-0.2, 0) is 20.9 Å². The largest absolute Gasteiger partial charge is 0.482 e. The van der Waals surface area contributed by atoms with Gasteiger partial charge in [0.25, 0.3) is 5.91 Å². The van der Waals surface area contributed by atoms with E-state index in [1.807, 2.05) is 42.2 Å². The lowest BCUT2D eigenvalue weighted by Gasteiger charge is -2.32. The Morgan fingerprint density at radius 1 is 1.22 bits per heavy atom. The number of hydrogen-bond acceptors (Lipinski definition) is 6. The normalized spacial score (nSPS) is 16.4. The van der Waals surface area contributed by atoms with E-state index in [1.165, 1.54) is 0 Å². The van der Waals surface area contributed by atoms with Crippen molar-refractivity contribution < 1.29 is 19.1 Å². The fraction of sp³-hybridized carbons (Fsp3) is 0.458. The van der Waals surface area contributed by atoms with Gasteiger partial charge in [-0.3, -0.25) is 24.4 Å². The van der Waals surface area contributed by atoms with Crippen molar-refractivity contribution in [2.24, 2.45) is 0 Å². The van der Waals surface area contributed by atoms with E-state index in [0.717, 1.165) is 50.4 Å². The zero-order valence-corrected chi connectivity index (χ0v) is 18.5. The van der Waals surface area contributed by atoms with Crippen molar-refractivity contribution >= 4 is 17.5 Å². The minimum absolute atomic E-state index is 0.00351. The number of hydrogen-bond donors (Lipinski definition) is 0. The number of nitrogens with zero attached hydrogens (tertiary/aromatic N) is 4. The van der Waals surface area contributed by atoms with Crippen molar-refractivity contribution in [3.8, 4) is 5.75 Å². The lowest BCUT2D eigenvalue weighted by Crippen LogP contribution is -2.47. The molecule has 0 spiro atoms. The topological polar surface area (TPSA) is 75.2 Å². The Balaban J connectivity index is 1.45. The zero-order valence-electron chi connectivity index (χ0n) is 18.5. The Morgan fingerprint density at radius 2 is 2.06 bits per heavy atom. The number of carbonyl (C=O) groups is 2. The fourth-order valence-corrected chi connectivity index (χ4v) is 4.03. The first kappa shape index (κ1) is 22.2. The number of ether oxygens (including phenoxy) is 2. The summed E-state index contributed by atoms with van der Waals surface area (Å²) in [6, 6.07) is 9.52. The maximum atomic E-state index is 13.4. The third kappa shape index (κ3) is 5.63. The first-order valence-corrected chi connectivity index (χ1v) is 11.1. The van der Waals surface area contributed by atoms with Gasteiger partial charge in [-0.2, -0.15) is 0 Å². The van der Waals surface area contributed by atoms with Gasteiger partial charge >= 0.3 is 0 Å². The van der Waals surface area contributed by atoms with Crippen LogP contribution in [0.3, 0.4) is 0 Å². The Bertz CT molecular complexity index is 931. The van der Waals surface area contributed by atoms with Gasteiger partial charge in [-0.1, -0.05) is 12.1 Å². The first-order valence-electron chi connectivity index (χ1n) is 11.1. The molecule has 1 saturated heterocycles. The van der Waals surface area contributed by atoms with Crippen molar-refractivity contribution in [1.82, 2.24) is 14.8 Å². The minimum Gasteiger partial charge on any atom is -0.482 e. The molecule has 32 heavy (non-hydrogen) atoms. The molecule has 8 nitrogen and oxygen atoms in total. The van der Waals surface area contributed by atoms with E-state index in [2.05, 4.69) is 9.88 Å². The summed E-state index contributed by atoms with van der Waals surface area (Å²) in [4.78, 5) is 35.9. The van der Waals surface area contributed by atoms with E-state index in [4.69, 9.17) is 9.47 Å². The van der Waals surface area contributed by atoms with Gasteiger partial charge in [0.1, 0.15) is 12.3 Å². The summed E-state index contributed by atoms with van der Waals surface area (Å²) in [5.41, 5.74) is 2.64. The van der Waals surface area contributed by atoms with Crippen molar-refractivity contribution in [3.05, 3.63) is 53.9 Å². The van der Waals surface area contributed by atoms with Crippen molar-refractivity contribution in [3.63, 3.8) is 0 Å². The number of carbonyl (C=O) groups excluding carboxylic acids is 2. The molecule has 3 heterocycles. The second-order valence-electron chi connectivity index (χ2n) is 8.22. The van der Waals surface area contributed by atoms with E-state index >= 15 is 0 Å². The number of amides is 2. The van der Waals surface area contributed by atoms with Gasteiger partial charge in [0.05, 0.1) is 18.9 Å². The minimum atomic E-state index is -0.203. The van der Waals surface area contributed by atoms with Crippen LogP contribution < -0.4 is 9.64 Å². The van der Waals surface area contributed by atoms with Gasteiger partial charge in [0.15, 0.2) is 6.61 Å². The third-order valence-electron chi connectivity index (χ3n) is 5.81. The highest BCUT2D eigenvalue weighted by Gasteiger charge is 2.29. The summed E-state index contributed by atoms with van der Waals surface area (Å²) in [5, 5.41) is 0. The molecule has 0 saturated carbocycles. The summed E-state index contributed by atoms with van der Waals surface area (Å²) in [6.07, 6.45) is 4.36. The van der Waals surface area contributed by atoms with Gasteiger partial charge in [-0.05, 0) is 42.7 Å². The van der Waals surface area contributed by atoms with Crippen LogP contribution in [0.5, 0.6) is 5.75 Å². The number of benzene rings is 1. The molecular formula is C24H30N4O4. The molecule has 170 valence electrons. The van der Waals surface area contributed by atoms with Gasteiger partial charge in [0, 0.05) is 45.1 Å². The summed E-state index contributed by atoms with van der Waals surface area (Å²) in [6.45, 7) is 7.27. The Labute approximate surface area is 188 Å². The van der Waals surface area contributed by atoms with Crippen LogP contribution in [0.15, 0.2) is 42.7 Å². The van der Waals surface area contributed by atoms with Crippen molar-refractivity contribution in [2.75, 3.05) is 57.4 Å². The summed E-state index contributed by atoms with van der Waals surface area (Å²) >= 11 is 0. The van der Waals surface area contributed by atoms with Crippen molar-refractivity contribution in [2.45, 2.75) is 19.9 Å². The fourth-order valence-electron chi connectivity index (χ4n) is 4.03. The lowest BCUT2D eigenvalue weighted by atomic mass is 10.1. The molecule has 1 aromatic heterocycles. The van der Waals surface area contributed by atoms with Gasteiger partial charge < -0.3 is 14.4 Å². The second kappa shape index (κ2) is 10.6. The van der Waals surface area contributed by atoms with Crippen LogP contribution in [0.2, 0.25) is 0 Å². The molecule has 0 N–H and O–H groups in total. The molecule has 4 rings (SSSR count). The molecule has 2 aliphatic heterocycles. The maximum absolute atomic E-state index is 13.4. The van der Waals surface area contributed by atoms with Crippen LogP contribution in [0.4, 0.5) is 5.69 Å². The van der Waals surface area contributed by atoms with E-state index < -0.39 is 0 Å². The van der Waals surface area contributed by atoms with Crippen LogP contribution in [0.25, 0.3) is 0 Å². The molecule has 1 fully saturated rings. The monoisotopic (exact) mass is 438 g/mol. The first-order chi connectivity index (χ1) is 15.6. The van der Waals surface area contributed by atoms with Gasteiger partial charge in [-0.25, -0.2) is 0 Å². The molecule has 0 unspecified atom stereocenters. The molecule has 0 atom stereocenters. The number of pyridine rings is 1. The molecular weight excluding hydrogens is 408 g/mol. The zero-order chi connectivity index (χ0) is 22.3. The van der Waals surface area contributed by atoms with E-state index in [1.54, 1.807) is 17.3 Å². The number of fused-ring (bicyclic) bond motifs is 1. The average Bonchev–Trinajstić information content (AvgIpc) is 2.81. The van der Waals surface area contributed by atoms with Crippen LogP contribution in [0.1, 0.15) is 17.5 Å². The standard InChI is InChI=1S/C24H30N4O4/c1-19-5-6-22-21(14-19)28(24(30)18-32-22)17-23(29)27(16-20-4-2-7-25-15-20)9-3-8-26-10-12-31-13-11-26/h2,4-7,14-15H,3,8-13,16-18H2,1H3. The maximum Gasteiger partial charge on any atom is 0.265 e. The molecule has 8 heteroatoms. The smallest absolute Gasteiger partial charge is 0.265 e. The molecule has 0 bridgehead atoms. The SMILES string of the molecule is Cc1ccc2c(c1)N(CC(=O)N(CCCN1CCOCC1)Cc1cccnc1)C(=O)CO2. The number of aryl methyl sites for hydroxylation is 1. The Kier molecular flexibility index (Phi) is 7.34. The van der Waals surface area contributed by atoms with Crippen LogP contribution >= 0.6 is 0 Å². The lowest BCUT2D eigenvalue weighted by molar-refractivity contribution is -0.132. The highest BCUT2D eigenvalue weighted by molar-refractivity contribution is 6.02. The van der Waals surface area contributed by atoms with E-state index in [-0.39, 0.29) is 25.0 Å². The third-order valence-corrected chi connectivity index (χ3v) is 5.81. The number of anilines is 1. The summed E-state index contributed by atoms with van der Waals surface area (Å²) < 4.78 is 11.0. The quantitative estimate of drug-likeness (QED) is 0.626. The highest BCUT2D eigenvalue weighted by Crippen LogP contribution is 2.32. The summed E-state index contributed by atoms with van der Waals surface area (Å²) in [5.74, 6) is 0.346. The van der Waals surface area contributed by atoms with Crippen molar-refractivity contribution in [1.29, 1.82) is 0 Å². The molecule has 2 amide bonds. The number of morpholine rings is 1. The molecule has 2 aromatic rings. The molecule has 0 aliphatic carbocycles.